The van der Waals surface area contributed by atoms with Gasteiger partial charge in [-0.3, -0.25) is 0 Å². The van der Waals surface area contributed by atoms with Crippen molar-refractivity contribution in [1.29, 1.82) is 0 Å². The Hall–Kier alpha value is -8.46. The second-order valence-corrected chi connectivity index (χ2v) is 17.1. The van der Waals surface area contributed by atoms with Crippen LogP contribution in [-0.4, -0.2) is 0 Å². The minimum absolute atomic E-state index is 0.549. The fraction of sp³-hybridized carbons (Fsp3) is 0.0159. The highest BCUT2D eigenvalue weighted by Gasteiger charge is 2.47. The van der Waals surface area contributed by atoms with E-state index in [1.165, 1.54) is 55.1 Å². The molecule has 0 aliphatic heterocycles. The predicted molar refractivity (Wildman–Crippen MR) is 272 cm³/mol. The van der Waals surface area contributed by atoms with Gasteiger partial charge < -0.3 is 9.32 Å². The third kappa shape index (κ3) is 5.67. The Labute approximate surface area is 377 Å². The van der Waals surface area contributed by atoms with Crippen LogP contribution in [0.3, 0.4) is 0 Å². The molecule has 0 fully saturated rings. The molecule has 2 heteroatoms. The number of fused-ring (bicyclic) bond motifs is 9. The first-order valence-electron chi connectivity index (χ1n) is 22.4. The molecular weight excluding hydrogens is 787 g/mol. The normalized spacial score (nSPS) is 12.7. The average Bonchev–Trinajstić information content (AvgIpc) is 3.92. The van der Waals surface area contributed by atoms with Crippen LogP contribution in [0.4, 0.5) is 17.1 Å². The fourth-order valence-corrected chi connectivity index (χ4v) is 10.9. The van der Waals surface area contributed by atoms with Crippen LogP contribution in [0, 0.1) is 0 Å². The third-order valence-electron chi connectivity index (χ3n) is 13.7. The molecule has 13 rings (SSSR count). The summed E-state index contributed by atoms with van der Waals surface area (Å²) < 4.78 is 6.79. The maximum atomic E-state index is 6.79. The van der Waals surface area contributed by atoms with Gasteiger partial charge in [0.2, 0.25) is 0 Å². The first-order chi connectivity index (χ1) is 32.3. The maximum Gasteiger partial charge on any atom is 0.143 e. The van der Waals surface area contributed by atoms with E-state index in [9.17, 15) is 0 Å². The Morgan fingerprint density at radius 2 is 0.954 bits per heavy atom. The molecule has 0 saturated heterocycles. The van der Waals surface area contributed by atoms with Crippen LogP contribution in [0.15, 0.2) is 253 Å². The number of benzene rings is 11. The van der Waals surface area contributed by atoms with E-state index >= 15 is 0 Å². The van der Waals surface area contributed by atoms with Crippen molar-refractivity contribution in [2.75, 3.05) is 4.90 Å². The van der Waals surface area contributed by atoms with Crippen LogP contribution in [0.2, 0.25) is 0 Å². The number of hydrogen-bond acceptors (Lipinski definition) is 2. The van der Waals surface area contributed by atoms with Crippen molar-refractivity contribution in [3.05, 3.63) is 271 Å². The molecule has 2 nitrogen and oxygen atoms in total. The second kappa shape index (κ2) is 14.8. The lowest BCUT2D eigenvalue weighted by atomic mass is 9.68. The molecule has 11 aromatic carbocycles. The van der Waals surface area contributed by atoms with E-state index in [0.717, 1.165) is 61.1 Å². The van der Waals surface area contributed by atoms with Gasteiger partial charge in [0.25, 0.3) is 0 Å². The molecular formula is C63H41NO. The Morgan fingerprint density at radius 1 is 0.354 bits per heavy atom. The summed E-state index contributed by atoms with van der Waals surface area (Å²) in [6.07, 6.45) is 0. The van der Waals surface area contributed by atoms with Crippen molar-refractivity contribution in [2.24, 2.45) is 0 Å². The van der Waals surface area contributed by atoms with Gasteiger partial charge in [-0.25, -0.2) is 0 Å². The van der Waals surface area contributed by atoms with E-state index < -0.39 is 5.41 Å². The van der Waals surface area contributed by atoms with Gasteiger partial charge in [-0.2, -0.15) is 0 Å². The summed E-state index contributed by atoms with van der Waals surface area (Å²) in [4.78, 5) is 2.51. The zero-order valence-corrected chi connectivity index (χ0v) is 35.5. The van der Waals surface area contributed by atoms with Crippen molar-refractivity contribution in [3.63, 3.8) is 0 Å². The van der Waals surface area contributed by atoms with Crippen molar-refractivity contribution in [3.8, 4) is 33.4 Å². The minimum atomic E-state index is -0.549. The molecule has 1 aliphatic carbocycles. The van der Waals surface area contributed by atoms with Gasteiger partial charge in [0.05, 0.1) is 16.8 Å². The van der Waals surface area contributed by atoms with Crippen LogP contribution < -0.4 is 4.90 Å². The zero-order chi connectivity index (χ0) is 42.9. The molecule has 304 valence electrons. The Balaban J connectivity index is 1.11. The fourth-order valence-electron chi connectivity index (χ4n) is 10.9. The standard InChI is InChI=1S/C63H41NO/c1-3-22-47(23-4-1)63(48-24-5-2-6-25-48)55-31-13-11-29-53(55)61-56(63)32-17-34-58(61)64(49-26-15-21-45(41-49)46-37-36-42-18-7-8-20-44(42)40-46)57-33-14-12-28-51(57)52-30-16-35-59-60(52)54-39-38-43-19-9-10-27-50(43)62(54)65-59/h1-41H. The molecule has 0 saturated carbocycles. The van der Waals surface area contributed by atoms with Gasteiger partial charge in [0.15, 0.2) is 0 Å². The molecule has 0 unspecified atom stereocenters. The third-order valence-corrected chi connectivity index (χ3v) is 13.7. The van der Waals surface area contributed by atoms with Crippen molar-refractivity contribution >= 4 is 60.5 Å². The second-order valence-electron chi connectivity index (χ2n) is 17.1. The Kier molecular flexibility index (Phi) is 8.47. The Bertz CT molecular complexity index is 3750. The zero-order valence-electron chi connectivity index (χ0n) is 35.5. The van der Waals surface area contributed by atoms with E-state index in [1.807, 2.05) is 0 Å². The van der Waals surface area contributed by atoms with Gasteiger partial charge in [-0.1, -0.05) is 206 Å². The summed E-state index contributed by atoms with van der Waals surface area (Å²) in [5.74, 6) is 0. The van der Waals surface area contributed by atoms with Crippen molar-refractivity contribution < 1.29 is 4.42 Å². The van der Waals surface area contributed by atoms with E-state index in [4.69, 9.17) is 4.42 Å². The van der Waals surface area contributed by atoms with Crippen LogP contribution in [0.5, 0.6) is 0 Å². The number of rotatable bonds is 7. The minimum Gasteiger partial charge on any atom is -0.455 e. The SMILES string of the molecule is c1ccc(C2(c3ccccc3)c3ccccc3-c3c(N(c4cccc(-c5ccc6ccccc6c5)c4)c4ccccc4-c4cccc5oc6c7ccccc7ccc6c45)cccc32)cc1. The molecule has 1 heterocycles. The molecule has 65 heavy (non-hydrogen) atoms. The largest absolute Gasteiger partial charge is 0.455 e. The molecule has 1 aliphatic rings. The average molecular weight is 828 g/mol. The summed E-state index contributed by atoms with van der Waals surface area (Å²) in [5.41, 5.74) is 16.5. The van der Waals surface area contributed by atoms with Gasteiger partial charge in [-0.15, -0.1) is 0 Å². The Morgan fingerprint density at radius 3 is 1.78 bits per heavy atom. The number of anilines is 3. The molecule has 0 amide bonds. The lowest BCUT2D eigenvalue weighted by Crippen LogP contribution is -2.28. The highest BCUT2D eigenvalue weighted by Crippen LogP contribution is 2.60. The van der Waals surface area contributed by atoms with Gasteiger partial charge in [0, 0.05) is 33.0 Å². The molecule has 0 spiro atoms. The summed E-state index contributed by atoms with van der Waals surface area (Å²) in [7, 11) is 0. The summed E-state index contributed by atoms with van der Waals surface area (Å²) in [6.45, 7) is 0. The number of furan rings is 1. The first-order valence-corrected chi connectivity index (χ1v) is 22.4. The summed E-state index contributed by atoms with van der Waals surface area (Å²) in [5, 5.41) is 6.96. The highest BCUT2D eigenvalue weighted by molar-refractivity contribution is 6.20. The van der Waals surface area contributed by atoms with Gasteiger partial charge in [0.1, 0.15) is 11.2 Å². The first kappa shape index (κ1) is 37.1. The van der Waals surface area contributed by atoms with E-state index in [2.05, 4.69) is 254 Å². The van der Waals surface area contributed by atoms with Gasteiger partial charge in [-0.05, 0) is 103 Å². The molecule has 0 atom stereocenters. The summed E-state index contributed by atoms with van der Waals surface area (Å²) in [6, 6.07) is 90.9. The molecule has 0 radical (unpaired) electrons. The molecule has 12 aromatic rings. The topological polar surface area (TPSA) is 16.4 Å². The molecule has 0 bridgehead atoms. The number of nitrogens with zero attached hydrogens (tertiary/aromatic N) is 1. The smallest absolute Gasteiger partial charge is 0.143 e. The molecule has 0 N–H and O–H groups in total. The van der Waals surface area contributed by atoms with Gasteiger partial charge >= 0.3 is 0 Å². The number of hydrogen-bond donors (Lipinski definition) is 0. The van der Waals surface area contributed by atoms with E-state index in [0.29, 0.717) is 0 Å². The quantitative estimate of drug-likeness (QED) is 0.159. The van der Waals surface area contributed by atoms with Crippen molar-refractivity contribution in [2.45, 2.75) is 5.41 Å². The number of para-hydroxylation sites is 1. The van der Waals surface area contributed by atoms with Crippen LogP contribution in [-0.2, 0) is 5.41 Å². The maximum absolute atomic E-state index is 6.79. The van der Waals surface area contributed by atoms with E-state index in [1.54, 1.807) is 0 Å². The predicted octanol–water partition coefficient (Wildman–Crippen LogP) is 17.1. The van der Waals surface area contributed by atoms with E-state index in [-0.39, 0.29) is 0 Å². The lowest BCUT2D eigenvalue weighted by molar-refractivity contribution is 0.673. The molecule has 1 aromatic heterocycles. The lowest BCUT2D eigenvalue weighted by Gasteiger charge is -2.34. The van der Waals surface area contributed by atoms with Crippen molar-refractivity contribution in [1.82, 2.24) is 0 Å². The highest BCUT2D eigenvalue weighted by atomic mass is 16.3. The summed E-state index contributed by atoms with van der Waals surface area (Å²) >= 11 is 0. The van der Waals surface area contributed by atoms with Crippen LogP contribution >= 0.6 is 0 Å². The van der Waals surface area contributed by atoms with Crippen LogP contribution in [0.1, 0.15) is 22.3 Å². The van der Waals surface area contributed by atoms with Crippen LogP contribution in [0.25, 0.3) is 76.9 Å². The monoisotopic (exact) mass is 827 g/mol.